The van der Waals surface area contributed by atoms with E-state index in [1.54, 1.807) is 6.92 Å². The van der Waals surface area contributed by atoms with E-state index in [9.17, 15) is 19.2 Å². The van der Waals surface area contributed by atoms with E-state index in [1.807, 2.05) is 30.4 Å². The minimum Gasteiger partial charge on any atom is -0.457 e. The van der Waals surface area contributed by atoms with Crippen molar-refractivity contribution in [2.75, 3.05) is 13.2 Å². The minimum absolute atomic E-state index is 0.000725. The molecule has 37 heavy (non-hydrogen) atoms. The van der Waals surface area contributed by atoms with Crippen molar-refractivity contribution in [1.29, 1.82) is 0 Å². The molecule has 1 aliphatic carbocycles. The fourth-order valence-electron chi connectivity index (χ4n) is 5.17. The number of hydrogen-bond acceptors (Lipinski definition) is 8. The van der Waals surface area contributed by atoms with Crippen molar-refractivity contribution in [3.8, 4) is 0 Å². The number of carbonyl (C=O) groups excluding carboxylic acids is 4. The van der Waals surface area contributed by atoms with Crippen molar-refractivity contribution in [2.45, 2.75) is 31.9 Å². The second kappa shape index (κ2) is 9.82. The van der Waals surface area contributed by atoms with Gasteiger partial charge in [0.25, 0.3) is 0 Å². The number of ketones is 1. The van der Waals surface area contributed by atoms with E-state index in [-0.39, 0.29) is 36.6 Å². The van der Waals surface area contributed by atoms with Gasteiger partial charge in [-0.1, -0.05) is 43.5 Å². The maximum Gasteiger partial charge on any atom is 0.508 e. The zero-order valence-corrected chi connectivity index (χ0v) is 21.0. The third-order valence-electron chi connectivity index (χ3n) is 6.76. The van der Waals surface area contributed by atoms with Crippen LogP contribution in [-0.4, -0.2) is 54.1 Å². The predicted octanol–water partition coefficient (Wildman–Crippen LogP) is 4.90. The van der Waals surface area contributed by atoms with Crippen molar-refractivity contribution >= 4 is 56.9 Å². The molecule has 1 fully saturated rings. The lowest BCUT2D eigenvalue weighted by Crippen LogP contribution is -2.62. The first-order valence-corrected chi connectivity index (χ1v) is 12.7. The highest BCUT2D eigenvalue weighted by molar-refractivity contribution is 7.20. The second-order valence-corrected chi connectivity index (χ2v) is 10.1. The van der Waals surface area contributed by atoms with E-state index in [0.29, 0.717) is 18.4 Å². The van der Waals surface area contributed by atoms with Gasteiger partial charge in [-0.25, -0.2) is 9.59 Å². The Kier molecular flexibility index (Phi) is 6.55. The van der Waals surface area contributed by atoms with Gasteiger partial charge in [0.05, 0.1) is 12.0 Å². The molecule has 0 N–H and O–H groups in total. The van der Waals surface area contributed by atoms with E-state index in [0.717, 1.165) is 26.1 Å². The number of rotatable bonds is 8. The standard InChI is InChI=1S/C28H25NO7S/c1-4-11-34-27(32)25-18(14-19-23(26(31)29(19)25)15(3)36-28(33)35-12-5-2)16-9-10-17-22(13-16)37-21-8-6-7-20(30)24(17)21/h4-6,8-10,13,15,19,23H,1-2,7,11-12,14H2,3H3/t15-,19-,23-/m1/s1. The minimum atomic E-state index is -0.883. The van der Waals surface area contributed by atoms with E-state index in [2.05, 4.69) is 13.2 Å². The molecule has 0 saturated carbocycles. The van der Waals surface area contributed by atoms with Crippen LogP contribution in [0.4, 0.5) is 4.79 Å². The van der Waals surface area contributed by atoms with Crippen molar-refractivity contribution in [3.63, 3.8) is 0 Å². The normalized spacial score (nSPS) is 20.7. The summed E-state index contributed by atoms with van der Waals surface area (Å²) in [6.45, 7) is 8.71. The predicted molar refractivity (Wildman–Crippen MR) is 139 cm³/mol. The molecule has 8 nitrogen and oxygen atoms in total. The molecule has 2 aromatic rings. The number of Topliss-reactive ketones (excluding diaryl/α,β-unsaturated/α-hetero) is 1. The van der Waals surface area contributed by atoms with Crippen LogP contribution in [0.5, 0.6) is 0 Å². The van der Waals surface area contributed by atoms with Crippen LogP contribution in [0.25, 0.3) is 21.7 Å². The summed E-state index contributed by atoms with van der Waals surface area (Å²) in [5.41, 5.74) is 2.36. The molecule has 1 amide bonds. The lowest BCUT2D eigenvalue weighted by Gasteiger charge is -2.45. The van der Waals surface area contributed by atoms with Crippen LogP contribution in [0, 0.1) is 5.92 Å². The molecule has 9 heteroatoms. The lowest BCUT2D eigenvalue weighted by atomic mass is 9.82. The average molecular weight is 520 g/mol. The van der Waals surface area contributed by atoms with Gasteiger partial charge in [-0.05, 0) is 36.6 Å². The van der Waals surface area contributed by atoms with Gasteiger partial charge in [-0.3, -0.25) is 9.59 Å². The molecule has 5 rings (SSSR count). The monoisotopic (exact) mass is 519 g/mol. The van der Waals surface area contributed by atoms with Crippen LogP contribution in [0.15, 0.2) is 55.3 Å². The van der Waals surface area contributed by atoms with Crippen LogP contribution < -0.4 is 0 Å². The van der Waals surface area contributed by atoms with Gasteiger partial charge in [-0.15, -0.1) is 11.3 Å². The first-order chi connectivity index (χ1) is 17.8. The Morgan fingerprint density at radius 1 is 1.19 bits per heavy atom. The van der Waals surface area contributed by atoms with Crippen molar-refractivity contribution in [3.05, 3.63) is 71.3 Å². The molecule has 1 aromatic heterocycles. The summed E-state index contributed by atoms with van der Waals surface area (Å²) in [5.74, 6) is -1.48. The van der Waals surface area contributed by atoms with Crippen LogP contribution >= 0.6 is 11.3 Å². The molecule has 1 saturated heterocycles. The summed E-state index contributed by atoms with van der Waals surface area (Å²) in [6, 6.07) is 5.35. The number of β-lactam (4-membered cyclic amide) rings is 1. The van der Waals surface area contributed by atoms with Gasteiger partial charge in [-0.2, -0.15) is 0 Å². The number of nitrogens with zero attached hydrogens (tertiary/aromatic N) is 1. The molecule has 0 unspecified atom stereocenters. The molecule has 2 aliphatic heterocycles. The number of fused-ring (bicyclic) bond motifs is 4. The number of ether oxygens (including phenoxy) is 3. The summed E-state index contributed by atoms with van der Waals surface area (Å²) in [7, 11) is 0. The zero-order valence-electron chi connectivity index (χ0n) is 20.2. The highest BCUT2D eigenvalue weighted by Crippen LogP contribution is 2.48. The molecule has 0 spiro atoms. The Bertz CT molecular complexity index is 1410. The molecule has 190 valence electrons. The van der Waals surface area contributed by atoms with Gasteiger partial charge >= 0.3 is 12.1 Å². The molecule has 3 atom stereocenters. The van der Waals surface area contributed by atoms with Crippen molar-refractivity contribution in [1.82, 2.24) is 4.90 Å². The quantitative estimate of drug-likeness (QED) is 0.278. The smallest absolute Gasteiger partial charge is 0.457 e. The maximum absolute atomic E-state index is 13.2. The number of carbonyl (C=O) groups is 4. The number of thiophene rings is 1. The van der Waals surface area contributed by atoms with Gasteiger partial charge in [0.2, 0.25) is 5.91 Å². The van der Waals surface area contributed by atoms with Crippen LogP contribution in [0.3, 0.4) is 0 Å². The number of hydrogen-bond donors (Lipinski definition) is 0. The van der Waals surface area contributed by atoms with E-state index >= 15 is 0 Å². The zero-order chi connectivity index (χ0) is 26.3. The van der Waals surface area contributed by atoms with Crippen molar-refractivity contribution < 1.29 is 33.4 Å². The summed E-state index contributed by atoms with van der Waals surface area (Å²) < 4.78 is 16.4. The van der Waals surface area contributed by atoms with E-state index < -0.39 is 24.1 Å². The fourth-order valence-corrected chi connectivity index (χ4v) is 6.37. The highest BCUT2D eigenvalue weighted by atomic mass is 32.1. The number of benzene rings is 1. The Hall–Kier alpha value is -3.98. The van der Waals surface area contributed by atoms with Crippen LogP contribution in [0.2, 0.25) is 0 Å². The number of amides is 1. The molecule has 1 aromatic carbocycles. The van der Waals surface area contributed by atoms with Gasteiger partial charge in [0, 0.05) is 26.9 Å². The Morgan fingerprint density at radius 2 is 1.95 bits per heavy atom. The van der Waals surface area contributed by atoms with Crippen molar-refractivity contribution in [2.24, 2.45) is 5.92 Å². The Balaban J connectivity index is 1.48. The summed E-state index contributed by atoms with van der Waals surface area (Å²) in [4.78, 5) is 53.0. The number of allylic oxidation sites excluding steroid dienone is 1. The first kappa shape index (κ1) is 24.7. The second-order valence-electron chi connectivity index (χ2n) is 8.97. The molecule has 3 heterocycles. The first-order valence-electron chi connectivity index (χ1n) is 11.9. The molecule has 0 bridgehead atoms. The molecule has 0 radical (unpaired) electrons. The summed E-state index contributed by atoms with van der Waals surface area (Å²) in [5, 5.41) is 0.879. The van der Waals surface area contributed by atoms with Gasteiger partial charge < -0.3 is 19.1 Å². The van der Waals surface area contributed by atoms with E-state index in [4.69, 9.17) is 14.2 Å². The molecular formula is C28H25NO7S. The molecule has 3 aliphatic rings. The molecular weight excluding hydrogens is 494 g/mol. The fraction of sp³-hybridized carbons (Fsp3) is 0.286. The van der Waals surface area contributed by atoms with Gasteiger partial charge in [0.15, 0.2) is 5.78 Å². The Labute approximate surface area is 217 Å². The largest absolute Gasteiger partial charge is 0.508 e. The SMILES string of the molecule is C=CCOC(=O)O[C@H](C)[C@H]1C(=O)N2C(C(=O)OCC=C)=C(c3ccc4c5c(sc4c3)C=CCC5=O)C[C@H]12. The van der Waals surface area contributed by atoms with E-state index in [1.165, 1.54) is 28.4 Å². The summed E-state index contributed by atoms with van der Waals surface area (Å²) >= 11 is 1.52. The number of esters is 1. The third kappa shape index (κ3) is 4.19. The summed E-state index contributed by atoms with van der Waals surface area (Å²) in [6.07, 6.45) is 5.84. The van der Waals surface area contributed by atoms with Gasteiger partial charge in [0.1, 0.15) is 25.0 Å². The Morgan fingerprint density at radius 3 is 2.70 bits per heavy atom. The topological polar surface area (TPSA) is 99.2 Å². The highest BCUT2D eigenvalue weighted by Gasteiger charge is 2.58. The lowest BCUT2D eigenvalue weighted by molar-refractivity contribution is -0.162. The maximum atomic E-state index is 13.2. The van der Waals surface area contributed by atoms with Crippen LogP contribution in [0.1, 0.15) is 40.6 Å². The van der Waals surface area contributed by atoms with Crippen LogP contribution in [-0.2, 0) is 23.8 Å². The average Bonchev–Trinajstić information content (AvgIpc) is 3.42. The third-order valence-corrected chi connectivity index (χ3v) is 7.88.